The van der Waals surface area contributed by atoms with Gasteiger partial charge >= 0.3 is 0 Å². The second kappa shape index (κ2) is 9.58. The molecule has 2 aromatic rings. The van der Waals surface area contributed by atoms with Gasteiger partial charge in [-0.05, 0) is 63.5 Å². The van der Waals surface area contributed by atoms with Gasteiger partial charge in [0.2, 0.25) is 5.91 Å². The predicted octanol–water partition coefficient (Wildman–Crippen LogP) is 2.79. The molecule has 0 radical (unpaired) electrons. The Kier molecular flexibility index (Phi) is 6.65. The summed E-state index contributed by atoms with van der Waals surface area (Å²) in [7, 11) is 1.71. The molecule has 2 fully saturated rings. The van der Waals surface area contributed by atoms with E-state index in [9.17, 15) is 4.79 Å². The van der Waals surface area contributed by atoms with Crippen molar-refractivity contribution in [2.75, 3.05) is 39.8 Å². The summed E-state index contributed by atoms with van der Waals surface area (Å²) < 4.78 is 6.19. The largest absolute Gasteiger partial charge is 0.492 e. The third-order valence-electron chi connectivity index (χ3n) is 6.40. The van der Waals surface area contributed by atoms with Crippen molar-refractivity contribution in [2.24, 2.45) is 0 Å². The van der Waals surface area contributed by atoms with Gasteiger partial charge in [0.15, 0.2) is 0 Å². The van der Waals surface area contributed by atoms with Crippen LogP contribution in [0.4, 0.5) is 0 Å². The Hall–Kier alpha value is -2.44. The van der Waals surface area contributed by atoms with Crippen molar-refractivity contribution in [3.05, 3.63) is 59.9 Å². The van der Waals surface area contributed by atoms with Gasteiger partial charge in [-0.25, -0.2) is 0 Å². The number of hydrogen-bond acceptors (Lipinski definition) is 5. The van der Waals surface area contributed by atoms with E-state index in [2.05, 4.69) is 26.2 Å². The maximum Gasteiger partial charge on any atom is 0.246 e. The molecular formula is C24H32N4O2. The van der Waals surface area contributed by atoms with Gasteiger partial charge in [-0.3, -0.25) is 19.6 Å². The van der Waals surface area contributed by atoms with Gasteiger partial charge in [0, 0.05) is 31.9 Å². The molecule has 30 heavy (non-hydrogen) atoms. The summed E-state index contributed by atoms with van der Waals surface area (Å²) in [6.07, 6.45) is 6.08. The number of likely N-dealkylation sites (tertiary alicyclic amines) is 2. The number of nitrogens with one attached hydrogen (secondary N) is 1. The molecule has 4 rings (SSSR count). The summed E-state index contributed by atoms with van der Waals surface area (Å²) in [6.45, 7) is 5.52. The summed E-state index contributed by atoms with van der Waals surface area (Å²) in [5.41, 5.74) is 1.19. The summed E-state index contributed by atoms with van der Waals surface area (Å²) in [4.78, 5) is 22.4. The van der Waals surface area contributed by atoms with Crippen molar-refractivity contribution in [3.8, 4) is 5.75 Å². The Bertz CT molecular complexity index is 838. The zero-order chi connectivity index (χ0) is 20.8. The van der Waals surface area contributed by atoms with E-state index in [1.165, 1.54) is 25.9 Å². The number of benzene rings is 1. The van der Waals surface area contributed by atoms with Gasteiger partial charge in [0.25, 0.3) is 0 Å². The zero-order valence-electron chi connectivity index (χ0n) is 17.8. The number of amides is 1. The minimum atomic E-state index is -0.737. The Labute approximate surface area is 179 Å². The zero-order valence-corrected chi connectivity index (χ0v) is 17.8. The smallest absolute Gasteiger partial charge is 0.246 e. The number of pyridine rings is 1. The van der Waals surface area contributed by atoms with Crippen molar-refractivity contribution in [1.29, 1.82) is 0 Å². The molecular weight excluding hydrogens is 376 g/mol. The van der Waals surface area contributed by atoms with Gasteiger partial charge in [-0.2, -0.15) is 0 Å². The number of rotatable bonds is 8. The fourth-order valence-corrected chi connectivity index (χ4v) is 4.84. The Morgan fingerprint density at radius 3 is 2.67 bits per heavy atom. The summed E-state index contributed by atoms with van der Waals surface area (Å²) in [6, 6.07) is 14.0. The van der Waals surface area contributed by atoms with Crippen LogP contribution in [0.15, 0.2) is 48.7 Å². The number of carbonyl (C=O) groups excluding carboxylic acids is 1. The van der Waals surface area contributed by atoms with E-state index >= 15 is 0 Å². The van der Waals surface area contributed by atoms with Gasteiger partial charge in [-0.15, -0.1) is 0 Å². The van der Waals surface area contributed by atoms with Gasteiger partial charge in [-0.1, -0.05) is 24.3 Å². The van der Waals surface area contributed by atoms with Crippen molar-refractivity contribution in [2.45, 2.75) is 37.8 Å². The van der Waals surface area contributed by atoms with E-state index in [1.807, 2.05) is 36.4 Å². The van der Waals surface area contributed by atoms with Crippen molar-refractivity contribution < 1.29 is 9.53 Å². The summed E-state index contributed by atoms with van der Waals surface area (Å²) in [5, 5.41) is 2.88. The summed E-state index contributed by atoms with van der Waals surface area (Å²) >= 11 is 0. The molecule has 1 aromatic heterocycles. The molecule has 2 aliphatic rings. The van der Waals surface area contributed by atoms with E-state index in [1.54, 1.807) is 13.2 Å². The summed E-state index contributed by atoms with van der Waals surface area (Å²) in [5.74, 6) is 0.918. The van der Waals surface area contributed by atoms with Crippen LogP contribution in [0.5, 0.6) is 5.75 Å². The molecule has 0 saturated carbocycles. The van der Waals surface area contributed by atoms with E-state index < -0.39 is 5.54 Å². The SMILES string of the molecule is CNC(=O)[C@@]1(c2ccccn2)CCCN1Cc1ccccc1OCCN1CCCC1. The average molecular weight is 409 g/mol. The van der Waals surface area contributed by atoms with Gasteiger partial charge in [0.05, 0.1) is 5.69 Å². The van der Waals surface area contributed by atoms with E-state index in [4.69, 9.17) is 4.74 Å². The third kappa shape index (κ3) is 4.20. The first-order valence-electron chi connectivity index (χ1n) is 11.1. The average Bonchev–Trinajstić information content (AvgIpc) is 3.46. The fraction of sp³-hybridized carbons (Fsp3) is 0.500. The molecule has 1 amide bonds. The number of hydrogen-bond donors (Lipinski definition) is 1. The van der Waals surface area contributed by atoms with E-state index in [-0.39, 0.29) is 5.91 Å². The highest BCUT2D eigenvalue weighted by atomic mass is 16.5. The highest BCUT2D eigenvalue weighted by Gasteiger charge is 2.49. The first-order valence-corrected chi connectivity index (χ1v) is 11.1. The highest BCUT2D eigenvalue weighted by Crippen LogP contribution is 2.40. The van der Waals surface area contributed by atoms with Crippen LogP contribution in [0, 0.1) is 0 Å². The molecule has 0 bridgehead atoms. The monoisotopic (exact) mass is 408 g/mol. The number of aromatic nitrogens is 1. The molecule has 0 aliphatic carbocycles. The number of para-hydroxylation sites is 1. The number of nitrogens with zero attached hydrogens (tertiary/aromatic N) is 3. The molecule has 2 aliphatic heterocycles. The lowest BCUT2D eigenvalue weighted by atomic mass is 9.89. The predicted molar refractivity (Wildman–Crippen MR) is 117 cm³/mol. The maximum atomic E-state index is 13.1. The number of carbonyl (C=O) groups is 1. The third-order valence-corrected chi connectivity index (χ3v) is 6.40. The van der Waals surface area contributed by atoms with Crippen molar-refractivity contribution >= 4 is 5.91 Å². The van der Waals surface area contributed by atoms with Crippen LogP contribution in [0.1, 0.15) is 36.9 Å². The second-order valence-corrected chi connectivity index (χ2v) is 8.18. The quantitative estimate of drug-likeness (QED) is 0.728. The first kappa shape index (κ1) is 20.8. The number of likely N-dealkylation sites (N-methyl/N-ethyl adjacent to an activating group) is 1. The Morgan fingerprint density at radius 2 is 1.90 bits per heavy atom. The maximum absolute atomic E-state index is 13.1. The van der Waals surface area contributed by atoms with Crippen molar-refractivity contribution in [3.63, 3.8) is 0 Å². The van der Waals surface area contributed by atoms with Crippen LogP contribution in [0.2, 0.25) is 0 Å². The molecule has 1 aromatic carbocycles. The molecule has 0 spiro atoms. The fourth-order valence-electron chi connectivity index (χ4n) is 4.84. The van der Waals surface area contributed by atoms with Crippen LogP contribution in [0.3, 0.4) is 0 Å². The van der Waals surface area contributed by atoms with E-state index in [0.717, 1.165) is 42.9 Å². The Morgan fingerprint density at radius 1 is 1.10 bits per heavy atom. The lowest BCUT2D eigenvalue weighted by Crippen LogP contribution is -2.52. The van der Waals surface area contributed by atoms with Gasteiger partial charge in [0.1, 0.15) is 17.9 Å². The molecule has 160 valence electrons. The van der Waals surface area contributed by atoms with Crippen LogP contribution >= 0.6 is 0 Å². The topological polar surface area (TPSA) is 57.7 Å². The van der Waals surface area contributed by atoms with Crippen LogP contribution in [-0.4, -0.2) is 60.5 Å². The van der Waals surface area contributed by atoms with Gasteiger partial charge < -0.3 is 10.1 Å². The normalized spacial score (nSPS) is 22.3. The molecule has 6 heteroatoms. The van der Waals surface area contributed by atoms with Crippen LogP contribution in [-0.2, 0) is 16.9 Å². The molecule has 1 atom stereocenters. The van der Waals surface area contributed by atoms with Crippen molar-refractivity contribution in [1.82, 2.24) is 20.1 Å². The first-order chi connectivity index (χ1) is 14.7. The van der Waals surface area contributed by atoms with Crippen LogP contribution < -0.4 is 10.1 Å². The molecule has 0 unspecified atom stereocenters. The molecule has 1 N–H and O–H groups in total. The van der Waals surface area contributed by atoms with Crippen LogP contribution in [0.25, 0.3) is 0 Å². The minimum Gasteiger partial charge on any atom is -0.492 e. The number of ether oxygens (including phenoxy) is 1. The molecule has 2 saturated heterocycles. The molecule has 6 nitrogen and oxygen atoms in total. The minimum absolute atomic E-state index is 0.00568. The highest BCUT2D eigenvalue weighted by molar-refractivity contribution is 5.87. The second-order valence-electron chi connectivity index (χ2n) is 8.18. The lowest BCUT2D eigenvalue weighted by Gasteiger charge is -2.36. The Balaban J connectivity index is 1.53. The standard InChI is InChI=1S/C24H32N4O2/c1-25-23(29)24(22-11-4-5-13-26-22)12-8-16-28(24)19-20-9-2-3-10-21(20)30-18-17-27-14-6-7-15-27/h2-5,9-11,13H,6-8,12,14-19H2,1H3,(H,25,29)/t24-/m0/s1. The molecule has 3 heterocycles. The van der Waals surface area contributed by atoms with E-state index in [0.29, 0.717) is 13.2 Å². The lowest BCUT2D eigenvalue weighted by molar-refractivity contribution is -0.132.